The Balaban J connectivity index is 2.43. The first kappa shape index (κ1) is 18.3. The summed E-state index contributed by atoms with van der Waals surface area (Å²) in [6, 6.07) is 11.4. The Bertz CT molecular complexity index is 733. The zero-order valence-corrected chi connectivity index (χ0v) is 14.4. The van der Waals surface area contributed by atoms with Crippen LogP contribution in [0.4, 0.5) is 0 Å². The molecule has 126 valence electrons. The molecule has 0 amide bonds. The van der Waals surface area contributed by atoms with E-state index in [9.17, 15) is 10.3 Å². The fourth-order valence-corrected chi connectivity index (χ4v) is 2.70. The highest BCUT2D eigenvalue weighted by Gasteiger charge is 2.20. The van der Waals surface area contributed by atoms with Crippen molar-refractivity contribution in [3.63, 3.8) is 0 Å². The van der Waals surface area contributed by atoms with Crippen molar-refractivity contribution in [1.29, 1.82) is 0 Å². The van der Waals surface area contributed by atoms with Gasteiger partial charge in [-0.3, -0.25) is 0 Å². The topological polar surface area (TPSA) is 55.5 Å². The van der Waals surface area contributed by atoms with Gasteiger partial charge in [0.05, 0.1) is 10.6 Å². The van der Waals surface area contributed by atoms with Crippen molar-refractivity contribution in [1.82, 2.24) is 0 Å². The second-order valence-electron chi connectivity index (χ2n) is 5.00. The molecular weight excluding hydrogens is 349 g/mol. The normalized spacial score (nSPS) is 12.7. The van der Waals surface area contributed by atoms with E-state index in [-0.39, 0.29) is 18.2 Å². The maximum atomic E-state index is 12.5. The van der Waals surface area contributed by atoms with Crippen LogP contribution in [-0.2, 0) is 0 Å². The SMILES string of the molecule is C=CCOc1cc(Cl)cc(Cl)c1/C=[N+](\[O-])[C@@H](CO)c1ccccc1. The van der Waals surface area contributed by atoms with Crippen LogP contribution in [0.3, 0.4) is 0 Å². The quantitative estimate of drug-likeness (QED) is 0.262. The van der Waals surface area contributed by atoms with Gasteiger partial charge in [0.2, 0.25) is 6.04 Å². The summed E-state index contributed by atoms with van der Waals surface area (Å²) in [5, 5.41) is 22.8. The predicted octanol–water partition coefficient (Wildman–Crippen LogP) is 4.22. The molecule has 0 aromatic heterocycles. The third-order valence-corrected chi connectivity index (χ3v) is 3.86. The third-order valence-electron chi connectivity index (χ3n) is 3.33. The molecule has 24 heavy (non-hydrogen) atoms. The Hall–Kier alpha value is -2.01. The number of ether oxygens (including phenoxy) is 1. The van der Waals surface area contributed by atoms with Gasteiger partial charge in [0, 0.05) is 10.6 Å². The summed E-state index contributed by atoms with van der Waals surface area (Å²) >= 11 is 12.2. The molecule has 0 bridgehead atoms. The molecule has 0 fully saturated rings. The van der Waals surface area contributed by atoms with E-state index < -0.39 is 6.04 Å². The third kappa shape index (κ3) is 4.51. The fourth-order valence-electron chi connectivity index (χ4n) is 2.18. The molecule has 6 heteroatoms. The lowest BCUT2D eigenvalue weighted by Gasteiger charge is -2.16. The van der Waals surface area contributed by atoms with Gasteiger partial charge < -0.3 is 15.1 Å². The summed E-state index contributed by atoms with van der Waals surface area (Å²) in [4.78, 5) is 0. The molecule has 0 radical (unpaired) electrons. The minimum atomic E-state index is -0.745. The van der Waals surface area contributed by atoms with E-state index in [2.05, 4.69) is 6.58 Å². The Labute approximate surface area is 150 Å². The first-order valence-electron chi connectivity index (χ1n) is 7.25. The lowest BCUT2D eigenvalue weighted by atomic mass is 10.1. The van der Waals surface area contributed by atoms with E-state index in [1.165, 1.54) is 12.3 Å². The van der Waals surface area contributed by atoms with E-state index in [1.807, 2.05) is 6.07 Å². The molecule has 4 nitrogen and oxygen atoms in total. The van der Waals surface area contributed by atoms with Crippen LogP contribution in [-0.4, -0.2) is 29.3 Å². The van der Waals surface area contributed by atoms with Gasteiger partial charge in [-0.2, -0.15) is 0 Å². The Morgan fingerprint density at radius 1 is 1.25 bits per heavy atom. The molecule has 0 spiro atoms. The minimum absolute atomic E-state index is 0.248. The molecule has 0 heterocycles. The molecule has 0 saturated carbocycles. The molecule has 0 saturated heterocycles. The number of aliphatic hydroxyl groups excluding tert-OH is 1. The zero-order chi connectivity index (χ0) is 17.5. The second kappa shape index (κ2) is 8.73. The average molecular weight is 366 g/mol. The summed E-state index contributed by atoms with van der Waals surface area (Å²) in [5.74, 6) is 0.373. The molecule has 1 atom stereocenters. The molecule has 0 unspecified atom stereocenters. The fraction of sp³-hybridized carbons (Fsp3) is 0.167. The van der Waals surface area contributed by atoms with Crippen LogP contribution >= 0.6 is 23.2 Å². The smallest absolute Gasteiger partial charge is 0.211 e. The van der Waals surface area contributed by atoms with Gasteiger partial charge in [0.15, 0.2) is 6.21 Å². The Morgan fingerprint density at radius 3 is 2.58 bits per heavy atom. The highest BCUT2D eigenvalue weighted by molar-refractivity contribution is 6.36. The number of hydroxylamine groups is 1. The number of aliphatic hydroxyl groups is 1. The maximum Gasteiger partial charge on any atom is 0.211 e. The molecule has 2 aromatic rings. The summed E-state index contributed by atoms with van der Waals surface area (Å²) in [5.41, 5.74) is 1.09. The van der Waals surface area contributed by atoms with Crippen LogP contribution in [0.1, 0.15) is 17.2 Å². The van der Waals surface area contributed by atoms with Crippen molar-refractivity contribution >= 4 is 29.4 Å². The number of benzene rings is 2. The van der Waals surface area contributed by atoms with Gasteiger partial charge >= 0.3 is 0 Å². The van der Waals surface area contributed by atoms with Crippen LogP contribution in [0.5, 0.6) is 5.75 Å². The lowest BCUT2D eigenvalue weighted by Crippen LogP contribution is -2.19. The van der Waals surface area contributed by atoms with Gasteiger partial charge in [-0.15, -0.1) is 0 Å². The van der Waals surface area contributed by atoms with Crippen molar-refractivity contribution in [2.45, 2.75) is 6.04 Å². The van der Waals surface area contributed by atoms with Crippen LogP contribution in [0, 0.1) is 5.21 Å². The van der Waals surface area contributed by atoms with Gasteiger partial charge in [-0.1, -0.05) is 66.2 Å². The molecule has 0 aliphatic carbocycles. The highest BCUT2D eigenvalue weighted by atomic mass is 35.5. The van der Waals surface area contributed by atoms with Crippen LogP contribution < -0.4 is 4.74 Å². The maximum absolute atomic E-state index is 12.5. The van der Waals surface area contributed by atoms with Crippen molar-refractivity contribution in [2.24, 2.45) is 0 Å². The molecular formula is C18H17Cl2NO3. The number of halogens is 2. The monoisotopic (exact) mass is 365 g/mol. The van der Waals surface area contributed by atoms with Crippen molar-refractivity contribution in [3.05, 3.63) is 81.5 Å². The van der Waals surface area contributed by atoms with Gasteiger partial charge in [0.25, 0.3) is 0 Å². The molecule has 0 aliphatic heterocycles. The Morgan fingerprint density at radius 2 is 1.96 bits per heavy atom. The van der Waals surface area contributed by atoms with E-state index in [1.54, 1.807) is 36.4 Å². The number of nitrogens with zero attached hydrogens (tertiary/aromatic N) is 1. The molecule has 1 N–H and O–H groups in total. The standard InChI is InChI=1S/C18H17Cl2NO3/c1-2-8-24-18-10-14(19)9-16(20)15(18)11-21(23)17(12-22)13-6-4-3-5-7-13/h2-7,9-11,17,22H,1,8,12H2/b21-11-/t17-/m0/s1. The summed E-state index contributed by atoms with van der Waals surface area (Å²) < 4.78 is 6.18. The summed E-state index contributed by atoms with van der Waals surface area (Å²) in [6.45, 7) is 3.50. The number of hydrogen-bond donors (Lipinski definition) is 1. The first-order valence-corrected chi connectivity index (χ1v) is 8.01. The van der Waals surface area contributed by atoms with E-state index in [0.29, 0.717) is 26.6 Å². The van der Waals surface area contributed by atoms with Crippen LogP contribution in [0.15, 0.2) is 55.1 Å². The number of rotatable bonds is 7. The van der Waals surface area contributed by atoms with Crippen LogP contribution in [0.2, 0.25) is 10.0 Å². The van der Waals surface area contributed by atoms with Gasteiger partial charge in [-0.05, 0) is 12.1 Å². The van der Waals surface area contributed by atoms with Crippen molar-refractivity contribution < 1.29 is 14.6 Å². The summed E-state index contributed by atoms with van der Waals surface area (Å²) in [7, 11) is 0. The van der Waals surface area contributed by atoms with E-state index >= 15 is 0 Å². The van der Waals surface area contributed by atoms with Crippen molar-refractivity contribution in [2.75, 3.05) is 13.2 Å². The minimum Gasteiger partial charge on any atom is -0.623 e. The molecule has 2 aromatic carbocycles. The average Bonchev–Trinajstić information content (AvgIpc) is 2.57. The molecule has 0 aliphatic rings. The molecule has 2 rings (SSSR count). The van der Waals surface area contributed by atoms with E-state index in [4.69, 9.17) is 27.9 Å². The second-order valence-corrected chi connectivity index (χ2v) is 5.84. The lowest BCUT2D eigenvalue weighted by molar-refractivity contribution is -0.506. The van der Waals surface area contributed by atoms with Gasteiger partial charge in [-0.25, -0.2) is 4.74 Å². The summed E-state index contributed by atoms with van der Waals surface area (Å²) in [6.07, 6.45) is 2.87. The van der Waals surface area contributed by atoms with E-state index in [0.717, 1.165) is 0 Å². The zero-order valence-electron chi connectivity index (χ0n) is 12.9. The highest BCUT2D eigenvalue weighted by Crippen LogP contribution is 2.30. The largest absolute Gasteiger partial charge is 0.623 e. The first-order chi connectivity index (χ1) is 11.6. The Kier molecular flexibility index (Phi) is 6.67. The van der Waals surface area contributed by atoms with Gasteiger partial charge in [0.1, 0.15) is 19.0 Å². The van der Waals surface area contributed by atoms with Crippen LogP contribution in [0.25, 0.3) is 0 Å². The predicted molar refractivity (Wildman–Crippen MR) is 97.2 cm³/mol. The van der Waals surface area contributed by atoms with Crippen molar-refractivity contribution in [3.8, 4) is 5.75 Å². The number of hydrogen-bond acceptors (Lipinski definition) is 3.